The van der Waals surface area contributed by atoms with Crippen LogP contribution in [0.2, 0.25) is 0 Å². The number of carbonyl (C=O) groups is 2. The van der Waals surface area contributed by atoms with Crippen molar-refractivity contribution < 1.29 is 14.3 Å². The van der Waals surface area contributed by atoms with Gasteiger partial charge in [-0.1, -0.05) is 20.8 Å². The molecule has 0 saturated carbocycles. The highest BCUT2D eigenvalue weighted by atomic mass is 16.5. The zero-order valence-electron chi connectivity index (χ0n) is 14.4. The van der Waals surface area contributed by atoms with Gasteiger partial charge in [0.05, 0.1) is 12.7 Å². The summed E-state index contributed by atoms with van der Waals surface area (Å²) in [6.07, 6.45) is 0.827. The van der Waals surface area contributed by atoms with Crippen LogP contribution < -0.4 is 10.6 Å². The van der Waals surface area contributed by atoms with Gasteiger partial charge in [0.2, 0.25) is 11.8 Å². The van der Waals surface area contributed by atoms with Crippen LogP contribution in [0.3, 0.4) is 0 Å². The Morgan fingerprint density at radius 3 is 2.59 bits per heavy atom. The van der Waals surface area contributed by atoms with Crippen molar-refractivity contribution in [1.29, 1.82) is 0 Å². The van der Waals surface area contributed by atoms with Crippen LogP contribution in [0.15, 0.2) is 0 Å². The lowest BCUT2D eigenvalue weighted by Crippen LogP contribution is -2.47. The summed E-state index contributed by atoms with van der Waals surface area (Å²) in [5.74, 6) is 0.169. The van der Waals surface area contributed by atoms with Crippen molar-refractivity contribution >= 4 is 11.8 Å². The second kappa shape index (κ2) is 9.79. The number of carbonyl (C=O) groups excluding carboxylic acids is 2. The van der Waals surface area contributed by atoms with E-state index in [1.807, 2.05) is 27.7 Å². The fraction of sp³-hybridized carbons (Fsp3) is 0.875. The first kappa shape index (κ1) is 18.9. The van der Waals surface area contributed by atoms with Gasteiger partial charge in [-0.25, -0.2) is 0 Å². The van der Waals surface area contributed by atoms with Crippen molar-refractivity contribution in [1.82, 2.24) is 15.5 Å². The molecule has 2 unspecified atom stereocenters. The molecular weight excluding hydrogens is 282 g/mol. The molecule has 6 heteroatoms. The topological polar surface area (TPSA) is 70.7 Å². The lowest BCUT2D eigenvalue weighted by atomic mass is 10.0. The molecule has 1 saturated heterocycles. The van der Waals surface area contributed by atoms with E-state index in [1.54, 1.807) is 0 Å². The first-order valence-corrected chi connectivity index (χ1v) is 8.33. The van der Waals surface area contributed by atoms with E-state index in [0.29, 0.717) is 19.7 Å². The number of amides is 2. The monoisotopic (exact) mass is 313 g/mol. The van der Waals surface area contributed by atoms with Gasteiger partial charge in [-0.2, -0.15) is 0 Å². The molecule has 6 nitrogen and oxygen atoms in total. The molecule has 1 heterocycles. The van der Waals surface area contributed by atoms with E-state index in [1.165, 1.54) is 0 Å². The Labute approximate surface area is 134 Å². The van der Waals surface area contributed by atoms with Gasteiger partial charge >= 0.3 is 0 Å². The molecular formula is C16H31N3O3. The Kier molecular flexibility index (Phi) is 8.42. The number of morpholine rings is 1. The van der Waals surface area contributed by atoms with Gasteiger partial charge in [-0.05, 0) is 13.3 Å². The minimum absolute atomic E-state index is 0.0235. The second-order valence-electron chi connectivity index (χ2n) is 6.27. The third-order valence-corrected chi connectivity index (χ3v) is 3.89. The molecule has 0 radical (unpaired) electrons. The number of nitrogens with zero attached hydrogens (tertiary/aromatic N) is 1. The Morgan fingerprint density at radius 1 is 1.23 bits per heavy atom. The summed E-state index contributed by atoms with van der Waals surface area (Å²) in [6.45, 7) is 12.2. The summed E-state index contributed by atoms with van der Waals surface area (Å²) in [6, 6.07) is 0. The summed E-state index contributed by atoms with van der Waals surface area (Å²) in [7, 11) is 0. The maximum atomic E-state index is 11.8. The SMILES string of the molecule is CCNC(=O)C(C)CC1CN(CCNC(=O)C(C)C)CCO1. The molecule has 0 aromatic rings. The summed E-state index contributed by atoms with van der Waals surface area (Å²) in [4.78, 5) is 25.6. The molecule has 1 rings (SSSR count). The summed E-state index contributed by atoms with van der Waals surface area (Å²) in [5.41, 5.74) is 0. The van der Waals surface area contributed by atoms with E-state index in [2.05, 4.69) is 15.5 Å². The predicted molar refractivity (Wildman–Crippen MR) is 86.5 cm³/mol. The van der Waals surface area contributed by atoms with Crippen LogP contribution >= 0.6 is 0 Å². The van der Waals surface area contributed by atoms with E-state index in [-0.39, 0.29) is 29.8 Å². The Morgan fingerprint density at radius 2 is 1.95 bits per heavy atom. The third-order valence-electron chi connectivity index (χ3n) is 3.89. The van der Waals surface area contributed by atoms with Crippen molar-refractivity contribution in [2.24, 2.45) is 11.8 Å². The van der Waals surface area contributed by atoms with Gasteiger partial charge in [-0.3, -0.25) is 14.5 Å². The molecule has 0 aliphatic carbocycles. The van der Waals surface area contributed by atoms with E-state index in [0.717, 1.165) is 26.1 Å². The Bertz CT molecular complexity index is 361. The first-order valence-electron chi connectivity index (χ1n) is 8.33. The van der Waals surface area contributed by atoms with Crippen LogP contribution in [0.4, 0.5) is 0 Å². The van der Waals surface area contributed by atoms with Gasteiger partial charge in [0.25, 0.3) is 0 Å². The van der Waals surface area contributed by atoms with Crippen molar-refractivity contribution in [3.8, 4) is 0 Å². The molecule has 1 fully saturated rings. The van der Waals surface area contributed by atoms with Crippen molar-refractivity contribution in [2.75, 3.05) is 39.3 Å². The summed E-state index contributed by atoms with van der Waals surface area (Å²) >= 11 is 0. The fourth-order valence-corrected chi connectivity index (χ4v) is 2.52. The van der Waals surface area contributed by atoms with Crippen LogP contribution in [0.5, 0.6) is 0 Å². The molecule has 0 aromatic heterocycles. The lowest BCUT2D eigenvalue weighted by molar-refractivity contribution is -0.127. The predicted octanol–water partition coefficient (Wildman–Crippen LogP) is 0.622. The highest BCUT2D eigenvalue weighted by molar-refractivity contribution is 5.78. The van der Waals surface area contributed by atoms with Gasteiger partial charge in [-0.15, -0.1) is 0 Å². The zero-order chi connectivity index (χ0) is 16.5. The van der Waals surface area contributed by atoms with Gasteiger partial charge in [0.1, 0.15) is 0 Å². The smallest absolute Gasteiger partial charge is 0.222 e. The standard InChI is InChI=1S/C16H31N3O3/c1-5-17-16(21)13(4)10-14-11-19(8-9-22-14)7-6-18-15(20)12(2)3/h12-14H,5-11H2,1-4H3,(H,17,21)(H,18,20). The zero-order valence-corrected chi connectivity index (χ0v) is 14.4. The summed E-state index contributed by atoms with van der Waals surface area (Å²) < 4.78 is 5.76. The normalized spacial score (nSPS) is 20.7. The first-order chi connectivity index (χ1) is 10.4. The molecule has 128 valence electrons. The Hall–Kier alpha value is -1.14. The van der Waals surface area contributed by atoms with Crippen LogP contribution in [0, 0.1) is 11.8 Å². The summed E-state index contributed by atoms with van der Waals surface area (Å²) in [5, 5.41) is 5.78. The second-order valence-corrected chi connectivity index (χ2v) is 6.27. The van der Waals surface area contributed by atoms with Crippen LogP contribution in [0.25, 0.3) is 0 Å². The van der Waals surface area contributed by atoms with Crippen molar-refractivity contribution in [3.63, 3.8) is 0 Å². The minimum atomic E-state index is -0.0365. The number of hydrogen-bond donors (Lipinski definition) is 2. The number of ether oxygens (including phenoxy) is 1. The van der Waals surface area contributed by atoms with Crippen LogP contribution in [-0.2, 0) is 14.3 Å². The maximum absolute atomic E-state index is 11.8. The molecule has 1 aliphatic heterocycles. The van der Waals surface area contributed by atoms with E-state index < -0.39 is 0 Å². The van der Waals surface area contributed by atoms with Crippen molar-refractivity contribution in [3.05, 3.63) is 0 Å². The molecule has 0 aromatic carbocycles. The molecule has 2 atom stereocenters. The van der Waals surface area contributed by atoms with Crippen molar-refractivity contribution in [2.45, 2.75) is 40.2 Å². The van der Waals surface area contributed by atoms with E-state index >= 15 is 0 Å². The molecule has 0 bridgehead atoms. The average molecular weight is 313 g/mol. The molecule has 22 heavy (non-hydrogen) atoms. The number of rotatable bonds is 8. The fourth-order valence-electron chi connectivity index (χ4n) is 2.52. The Balaban J connectivity index is 2.29. The van der Waals surface area contributed by atoms with E-state index in [4.69, 9.17) is 4.74 Å². The molecule has 2 N–H and O–H groups in total. The van der Waals surface area contributed by atoms with Gasteiger partial charge in [0, 0.05) is 44.6 Å². The van der Waals surface area contributed by atoms with Crippen LogP contribution in [-0.4, -0.2) is 62.1 Å². The number of hydrogen-bond acceptors (Lipinski definition) is 4. The maximum Gasteiger partial charge on any atom is 0.222 e. The minimum Gasteiger partial charge on any atom is -0.376 e. The van der Waals surface area contributed by atoms with Gasteiger partial charge < -0.3 is 15.4 Å². The average Bonchev–Trinajstić information content (AvgIpc) is 2.47. The highest BCUT2D eigenvalue weighted by Crippen LogP contribution is 2.14. The third kappa shape index (κ3) is 6.75. The highest BCUT2D eigenvalue weighted by Gasteiger charge is 2.24. The largest absolute Gasteiger partial charge is 0.376 e. The van der Waals surface area contributed by atoms with Crippen LogP contribution in [0.1, 0.15) is 34.1 Å². The molecule has 1 aliphatic rings. The quantitative estimate of drug-likeness (QED) is 0.689. The van der Waals surface area contributed by atoms with Gasteiger partial charge in [0.15, 0.2) is 0 Å². The molecule has 0 spiro atoms. The lowest BCUT2D eigenvalue weighted by Gasteiger charge is -2.34. The number of nitrogens with one attached hydrogen (secondary N) is 2. The molecule has 2 amide bonds. The van der Waals surface area contributed by atoms with E-state index in [9.17, 15) is 9.59 Å².